The van der Waals surface area contributed by atoms with Crippen molar-refractivity contribution in [3.8, 4) is 11.5 Å². The van der Waals surface area contributed by atoms with Crippen LogP contribution in [0.1, 0.15) is 34.8 Å². The van der Waals surface area contributed by atoms with E-state index in [0.717, 1.165) is 22.0 Å². The van der Waals surface area contributed by atoms with Crippen LogP contribution in [0.15, 0.2) is 34.8 Å². The summed E-state index contributed by atoms with van der Waals surface area (Å²) in [5.74, 6) is -0.00755. The lowest BCUT2D eigenvalue weighted by Crippen LogP contribution is -2.44. The molecular formula is C20H22BrClN2O4. The third kappa shape index (κ3) is 6.14. The first kappa shape index (κ1) is 22.0. The van der Waals surface area contributed by atoms with E-state index in [2.05, 4.69) is 26.8 Å². The molecule has 0 bridgehead atoms. The standard InChI is InChI=1S/C20H22BrClN2O4/c1-4-7-27-17-6-5-14(21)10-16(17)20(26)24-23-18(25)11-28-15-8-12(2)19(22)13(3)9-15/h5-6,8-10H,4,7,11H2,1-3H3,(H,23,25)(H,24,26). The Morgan fingerprint density at radius 2 is 1.75 bits per heavy atom. The van der Waals surface area contributed by atoms with Crippen molar-refractivity contribution < 1.29 is 19.1 Å². The van der Waals surface area contributed by atoms with E-state index in [1.807, 2.05) is 20.8 Å². The molecule has 0 aromatic heterocycles. The molecule has 2 aromatic rings. The minimum absolute atomic E-state index is 0.252. The number of carbonyl (C=O) groups is 2. The van der Waals surface area contributed by atoms with Crippen LogP contribution in [-0.4, -0.2) is 25.0 Å². The Hall–Kier alpha value is -2.25. The largest absolute Gasteiger partial charge is 0.493 e. The fourth-order valence-electron chi connectivity index (χ4n) is 2.39. The summed E-state index contributed by atoms with van der Waals surface area (Å²) < 4.78 is 11.8. The van der Waals surface area contributed by atoms with E-state index < -0.39 is 11.8 Å². The Morgan fingerprint density at radius 3 is 2.39 bits per heavy atom. The fraction of sp³-hybridized carbons (Fsp3) is 0.300. The van der Waals surface area contributed by atoms with E-state index >= 15 is 0 Å². The van der Waals surface area contributed by atoms with Gasteiger partial charge >= 0.3 is 0 Å². The van der Waals surface area contributed by atoms with Crippen molar-refractivity contribution >= 4 is 39.3 Å². The first-order valence-electron chi connectivity index (χ1n) is 8.73. The maximum atomic E-state index is 12.4. The Bertz CT molecular complexity index is 850. The summed E-state index contributed by atoms with van der Waals surface area (Å²) in [7, 11) is 0. The number of ether oxygens (including phenoxy) is 2. The number of aryl methyl sites for hydroxylation is 2. The van der Waals surface area contributed by atoms with Crippen molar-refractivity contribution in [3.63, 3.8) is 0 Å². The SMILES string of the molecule is CCCOc1ccc(Br)cc1C(=O)NNC(=O)COc1cc(C)c(Cl)c(C)c1. The number of nitrogens with one attached hydrogen (secondary N) is 2. The van der Waals surface area contributed by atoms with E-state index in [0.29, 0.717) is 28.7 Å². The lowest BCUT2D eigenvalue weighted by molar-refractivity contribution is -0.123. The molecule has 0 aliphatic rings. The molecule has 150 valence electrons. The van der Waals surface area contributed by atoms with Crippen LogP contribution in [0.2, 0.25) is 5.02 Å². The van der Waals surface area contributed by atoms with Crippen LogP contribution in [0.4, 0.5) is 0 Å². The number of carbonyl (C=O) groups excluding carboxylic acids is 2. The minimum Gasteiger partial charge on any atom is -0.493 e. The maximum Gasteiger partial charge on any atom is 0.276 e. The quantitative estimate of drug-likeness (QED) is 0.591. The number of benzene rings is 2. The molecule has 6 nitrogen and oxygen atoms in total. The number of halogens is 2. The second kappa shape index (κ2) is 10.3. The minimum atomic E-state index is -0.496. The molecule has 28 heavy (non-hydrogen) atoms. The molecule has 0 aliphatic carbocycles. The van der Waals surface area contributed by atoms with Gasteiger partial charge in [0.1, 0.15) is 11.5 Å². The van der Waals surface area contributed by atoms with Gasteiger partial charge in [0.25, 0.3) is 11.8 Å². The lowest BCUT2D eigenvalue weighted by Gasteiger charge is -2.13. The molecule has 0 fully saturated rings. The molecule has 0 radical (unpaired) electrons. The Kier molecular flexibility index (Phi) is 8.14. The highest BCUT2D eigenvalue weighted by Gasteiger charge is 2.14. The van der Waals surface area contributed by atoms with E-state index in [9.17, 15) is 9.59 Å². The summed E-state index contributed by atoms with van der Waals surface area (Å²) in [6.07, 6.45) is 0.814. The smallest absolute Gasteiger partial charge is 0.276 e. The molecular weight excluding hydrogens is 448 g/mol. The number of amides is 2. The van der Waals surface area contributed by atoms with Crippen LogP contribution in [-0.2, 0) is 4.79 Å². The van der Waals surface area contributed by atoms with Gasteiger partial charge in [0.05, 0.1) is 12.2 Å². The van der Waals surface area contributed by atoms with Crippen molar-refractivity contribution in [1.82, 2.24) is 10.9 Å². The molecule has 0 spiro atoms. The topological polar surface area (TPSA) is 76.7 Å². The van der Waals surface area contributed by atoms with Crippen molar-refractivity contribution in [2.45, 2.75) is 27.2 Å². The molecule has 2 aromatic carbocycles. The average Bonchev–Trinajstić information content (AvgIpc) is 2.67. The van der Waals surface area contributed by atoms with E-state index in [-0.39, 0.29) is 6.61 Å². The van der Waals surface area contributed by atoms with Gasteiger partial charge in [-0.05, 0) is 61.7 Å². The predicted molar refractivity (Wildman–Crippen MR) is 112 cm³/mol. The Balaban J connectivity index is 1.92. The van der Waals surface area contributed by atoms with Crippen LogP contribution in [0.3, 0.4) is 0 Å². The molecule has 2 rings (SSSR count). The van der Waals surface area contributed by atoms with Gasteiger partial charge in [-0.1, -0.05) is 34.5 Å². The third-order valence-corrected chi connectivity index (χ3v) is 4.83. The first-order chi connectivity index (χ1) is 13.3. The zero-order valence-corrected chi connectivity index (χ0v) is 18.2. The zero-order chi connectivity index (χ0) is 20.7. The fourth-order valence-corrected chi connectivity index (χ4v) is 2.86. The summed E-state index contributed by atoms with van der Waals surface area (Å²) >= 11 is 9.44. The van der Waals surface area contributed by atoms with E-state index in [1.165, 1.54) is 0 Å². The Labute approximate surface area is 177 Å². The maximum absolute atomic E-state index is 12.4. The van der Waals surface area contributed by atoms with Crippen LogP contribution in [0, 0.1) is 13.8 Å². The van der Waals surface area contributed by atoms with E-state index in [1.54, 1.807) is 30.3 Å². The number of hydrazine groups is 1. The number of rotatable bonds is 7. The van der Waals surface area contributed by atoms with Gasteiger partial charge in [-0.2, -0.15) is 0 Å². The highest BCUT2D eigenvalue weighted by Crippen LogP contribution is 2.26. The van der Waals surface area contributed by atoms with Crippen molar-refractivity contribution in [2.24, 2.45) is 0 Å². The van der Waals surface area contributed by atoms with Crippen LogP contribution < -0.4 is 20.3 Å². The molecule has 0 heterocycles. The number of hydrogen-bond acceptors (Lipinski definition) is 4. The molecule has 8 heteroatoms. The van der Waals surface area contributed by atoms with Gasteiger partial charge in [0.2, 0.25) is 0 Å². The van der Waals surface area contributed by atoms with Gasteiger partial charge in [-0.25, -0.2) is 0 Å². The number of hydrogen-bond donors (Lipinski definition) is 2. The van der Waals surface area contributed by atoms with Crippen molar-refractivity contribution in [3.05, 3.63) is 56.5 Å². The van der Waals surface area contributed by atoms with Crippen LogP contribution in [0.5, 0.6) is 11.5 Å². The summed E-state index contributed by atoms with van der Waals surface area (Å²) in [6.45, 7) is 5.93. The van der Waals surface area contributed by atoms with Crippen molar-refractivity contribution in [1.29, 1.82) is 0 Å². The summed E-state index contributed by atoms with van der Waals surface area (Å²) in [6, 6.07) is 8.61. The normalized spacial score (nSPS) is 10.3. The second-order valence-electron chi connectivity index (χ2n) is 6.15. The molecule has 2 amide bonds. The molecule has 0 atom stereocenters. The lowest BCUT2D eigenvalue weighted by atomic mass is 10.1. The zero-order valence-electron chi connectivity index (χ0n) is 15.9. The monoisotopic (exact) mass is 468 g/mol. The van der Waals surface area contributed by atoms with E-state index in [4.69, 9.17) is 21.1 Å². The van der Waals surface area contributed by atoms with Crippen molar-refractivity contribution in [2.75, 3.05) is 13.2 Å². The summed E-state index contributed by atoms with van der Waals surface area (Å²) in [5.41, 5.74) is 6.74. The van der Waals surface area contributed by atoms with Crippen LogP contribution >= 0.6 is 27.5 Å². The highest BCUT2D eigenvalue weighted by molar-refractivity contribution is 9.10. The van der Waals surface area contributed by atoms with Gasteiger partial charge in [-0.15, -0.1) is 0 Å². The second-order valence-corrected chi connectivity index (χ2v) is 7.44. The molecule has 0 saturated carbocycles. The molecule has 0 unspecified atom stereocenters. The predicted octanol–water partition coefficient (Wildman–Crippen LogP) is 4.35. The van der Waals surface area contributed by atoms with Gasteiger partial charge in [-0.3, -0.25) is 20.4 Å². The van der Waals surface area contributed by atoms with Gasteiger partial charge < -0.3 is 9.47 Å². The summed E-state index contributed by atoms with van der Waals surface area (Å²) in [5, 5.41) is 0.666. The van der Waals surface area contributed by atoms with Crippen LogP contribution in [0.25, 0.3) is 0 Å². The molecule has 2 N–H and O–H groups in total. The molecule has 0 saturated heterocycles. The summed E-state index contributed by atoms with van der Waals surface area (Å²) in [4.78, 5) is 24.4. The molecule has 0 aliphatic heterocycles. The first-order valence-corrected chi connectivity index (χ1v) is 9.90. The van der Waals surface area contributed by atoms with Gasteiger partial charge in [0.15, 0.2) is 6.61 Å². The van der Waals surface area contributed by atoms with Gasteiger partial charge in [0, 0.05) is 9.50 Å². The average molecular weight is 470 g/mol. The Morgan fingerprint density at radius 1 is 1.07 bits per heavy atom. The third-order valence-electron chi connectivity index (χ3n) is 3.74. The highest BCUT2D eigenvalue weighted by atomic mass is 79.9.